The van der Waals surface area contributed by atoms with Gasteiger partial charge in [0.15, 0.2) is 0 Å². The molecule has 0 unspecified atom stereocenters. The van der Waals surface area contributed by atoms with E-state index in [2.05, 4.69) is 0 Å². The minimum atomic E-state index is -0.0236. The second kappa shape index (κ2) is 7.20. The van der Waals surface area contributed by atoms with E-state index in [1.807, 2.05) is 0 Å². The lowest BCUT2D eigenvalue weighted by Crippen LogP contribution is -2.40. The molecule has 3 heteroatoms. The third kappa shape index (κ3) is 4.49. The molecule has 0 radical (unpaired) electrons. The first kappa shape index (κ1) is 12.9. The van der Waals surface area contributed by atoms with E-state index in [1.165, 1.54) is 25.7 Å². The van der Waals surface area contributed by atoms with Crippen molar-refractivity contribution in [3.8, 4) is 0 Å². The van der Waals surface area contributed by atoms with Crippen LogP contribution in [0.15, 0.2) is 0 Å². The third-order valence-corrected chi connectivity index (χ3v) is 3.29. The van der Waals surface area contributed by atoms with Crippen LogP contribution >= 0.6 is 0 Å². The maximum absolute atomic E-state index is 6.00. The highest BCUT2D eigenvalue weighted by Crippen LogP contribution is 2.29. The average Bonchev–Trinajstić information content (AvgIpc) is 2.51. The molecule has 0 saturated heterocycles. The normalized spacial score (nSPS) is 21.2. The molecule has 0 bridgehead atoms. The van der Waals surface area contributed by atoms with Crippen LogP contribution in [0.1, 0.15) is 44.9 Å². The lowest BCUT2D eigenvalue weighted by Gasteiger charge is -2.31. The van der Waals surface area contributed by atoms with Gasteiger partial charge in [-0.2, -0.15) is 0 Å². The minimum Gasteiger partial charge on any atom is -0.385 e. The van der Waals surface area contributed by atoms with Crippen molar-refractivity contribution in [2.24, 2.45) is 5.73 Å². The molecule has 0 spiro atoms. The van der Waals surface area contributed by atoms with Crippen molar-refractivity contribution in [1.82, 2.24) is 0 Å². The van der Waals surface area contributed by atoms with Gasteiger partial charge in [0.1, 0.15) is 0 Å². The molecule has 1 fully saturated rings. The quantitative estimate of drug-likeness (QED) is 0.545. The Morgan fingerprint density at radius 2 is 1.73 bits per heavy atom. The van der Waals surface area contributed by atoms with Crippen LogP contribution in [-0.2, 0) is 9.47 Å². The Kier molecular flexibility index (Phi) is 6.22. The second-order valence-corrected chi connectivity index (χ2v) is 4.50. The number of ether oxygens (including phenoxy) is 2. The van der Waals surface area contributed by atoms with E-state index in [4.69, 9.17) is 15.2 Å². The Morgan fingerprint density at radius 1 is 1.07 bits per heavy atom. The van der Waals surface area contributed by atoms with Crippen molar-refractivity contribution in [1.29, 1.82) is 0 Å². The molecule has 3 nitrogen and oxygen atoms in total. The molecule has 0 heterocycles. The summed E-state index contributed by atoms with van der Waals surface area (Å²) in [5.41, 5.74) is 5.84. The number of nitrogens with two attached hydrogens (primary N) is 1. The molecule has 1 rings (SSSR count). The summed E-state index contributed by atoms with van der Waals surface area (Å²) in [4.78, 5) is 0. The molecule has 0 amide bonds. The standard InChI is InChI=1S/C12H25NO2/c1-14-9-6-10-15-12(11-13)7-4-2-3-5-8-12/h2-11,13H2,1H3. The lowest BCUT2D eigenvalue weighted by molar-refractivity contribution is -0.0545. The van der Waals surface area contributed by atoms with Crippen molar-refractivity contribution < 1.29 is 9.47 Å². The Hall–Kier alpha value is -0.120. The Balaban J connectivity index is 2.29. The van der Waals surface area contributed by atoms with Crippen molar-refractivity contribution in [2.45, 2.75) is 50.5 Å². The summed E-state index contributed by atoms with van der Waals surface area (Å²) in [6.45, 7) is 2.23. The summed E-state index contributed by atoms with van der Waals surface area (Å²) >= 11 is 0. The van der Waals surface area contributed by atoms with Crippen LogP contribution in [0.25, 0.3) is 0 Å². The average molecular weight is 215 g/mol. The molecule has 0 aromatic carbocycles. The Bertz CT molecular complexity index is 154. The molecule has 1 aliphatic carbocycles. The van der Waals surface area contributed by atoms with E-state index in [9.17, 15) is 0 Å². The number of hydrogen-bond donors (Lipinski definition) is 1. The van der Waals surface area contributed by atoms with Gasteiger partial charge >= 0.3 is 0 Å². The maximum Gasteiger partial charge on any atom is 0.0804 e. The minimum absolute atomic E-state index is 0.0236. The lowest BCUT2D eigenvalue weighted by atomic mass is 9.94. The summed E-state index contributed by atoms with van der Waals surface area (Å²) in [6.07, 6.45) is 8.44. The topological polar surface area (TPSA) is 44.5 Å². The first-order valence-electron chi connectivity index (χ1n) is 6.16. The van der Waals surface area contributed by atoms with Gasteiger partial charge in [0.05, 0.1) is 5.60 Å². The third-order valence-electron chi connectivity index (χ3n) is 3.29. The van der Waals surface area contributed by atoms with E-state index in [0.717, 1.165) is 32.5 Å². The van der Waals surface area contributed by atoms with E-state index < -0.39 is 0 Å². The highest BCUT2D eigenvalue weighted by Gasteiger charge is 2.29. The zero-order valence-corrected chi connectivity index (χ0v) is 9.96. The van der Waals surface area contributed by atoms with Crippen molar-refractivity contribution >= 4 is 0 Å². The van der Waals surface area contributed by atoms with Gasteiger partial charge in [-0.3, -0.25) is 0 Å². The zero-order chi connectivity index (χ0) is 11.0. The van der Waals surface area contributed by atoms with E-state index in [1.54, 1.807) is 7.11 Å². The van der Waals surface area contributed by atoms with Crippen LogP contribution in [0.3, 0.4) is 0 Å². The van der Waals surface area contributed by atoms with Gasteiger partial charge in [-0.05, 0) is 19.3 Å². The summed E-state index contributed by atoms with van der Waals surface area (Å²) in [7, 11) is 1.73. The molecule has 15 heavy (non-hydrogen) atoms. The fourth-order valence-corrected chi connectivity index (χ4v) is 2.27. The van der Waals surface area contributed by atoms with Gasteiger partial charge in [-0.1, -0.05) is 25.7 Å². The van der Waals surface area contributed by atoms with Crippen LogP contribution < -0.4 is 5.73 Å². The molecule has 1 saturated carbocycles. The molecule has 90 valence electrons. The second-order valence-electron chi connectivity index (χ2n) is 4.50. The smallest absolute Gasteiger partial charge is 0.0804 e. The first-order chi connectivity index (χ1) is 7.33. The monoisotopic (exact) mass is 215 g/mol. The fraction of sp³-hybridized carbons (Fsp3) is 1.00. The van der Waals surface area contributed by atoms with Crippen molar-refractivity contribution in [2.75, 3.05) is 26.9 Å². The molecule has 1 aliphatic rings. The van der Waals surface area contributed by atoms with Gasteiger partial charge in [0.2, 0.25) is 0 Å². The van der Waals surface area contributed by atoms with E-state index >= 15 is 0 Å². The first-order valence-corrected chi connectivity index (χ1v) is 6.16. The van der Waals surface area contributed by atoms with Crippen LogP contribution in [-0.4, -0.2) is 32.5 Å². The number of methoxy groups -OCH3 is 1. The van der Waals surface area contributed by atoms with Gasteiger partial charge in [0, 0.05) is 26.9 Å². The Labute approximate surface area is 93.3 Å². The van der Waals surface area contributed by atoms with E-state index in [0.29, 0.717) is 6.54 Å². The fourth-order valence-electron chi connectivity index (χ4n) is 2.27. The highest BCUT2D eigenvalue weighted by molar-refractivity contribution is 4.84. The predicted molar refractivity (Wildman–Crippen MR) is 61.9 cm³/mol. The number of rotatable bonds is 6. The van der Waals surface area contributed by atoms with Crippen LogP contribution in [0, 0.1) is 0 Å². The summed E-state index contributed by atoms with van der Waals surface area (Å²) in [5.74, 6) is 0. The maximum atomic E-state index is 6.00. The van der Waals surface area contributed by atoms with Gasteiger partial charge in [0.25, 0.3) is 0 Å². The summed E-state index contributed by atoms with van der Waals surface area (Å²) in [6, 6.07) is 0. The van der Waals surface area contributed by atoms with E-state index in [-0.39, 0.29) is 5.60 Å². The van der Waals surface area contributed by atoms with Crippen LogP contribution in [0.4, 0.5) is 0 Å². The molecular weight excluding hydrogens is 190 g/mol. The molecule has 0 atom stereocenters. The van der Waals surface area contributed by atoms with Gasteiger partial charge < -0.3 is 15.2 Å². The van der Waals surface area contributed by atoms with Crippen LogP contribution in [0.5, 0.6) is 0 Å². The van der Waals surface area contributed by atoms with Crippen molar-refractivity contribution in [3.63, 3.8) is 0 Å². The Morgan fingerprint density at radius 3 is 2.27 bits per heavy atom. The predicted octanol–water partition coefficient (Wildman–Crippen LogP) is 2.09. The van der Waals surface area contributed by atoms with Gasteiger partial charge in [-0.25, -0.2) is 0 Å². The summed E-state index contributed by atoms with van der Waals surface area (Å²) in [5, 5.41) is 0. The molecular formula is C12H25NO2. The van der Waals surface area contributed by atoms with Crippen LogP contribution in [0.2, 0.25) is 0 Å². The molecule has 0 aliphatic heterocycles. The SMILES string of the molecule is COCCCOC1(CN)CCCCCC1. The zero-order valence-electron chi connectivity index (χ0n) is 9.96. The highest BCUT2D eigenvalue weighted by atomic mass is 16.5. The molecule has 2 N–H and O–H groups in total. The molecule has 0 aromatic rings. The number of hydrogen-bond acceptors (Lipinski definition) is 3. The van der Waals surface area contributed by atoms with Crippen molar-refractivity contribution in [3.05, 3.63) is 0 Å². The summed E-state index contributed by atoms with van der Waals surface area (Å²) < 4.78 is 11.0. The molecule has 0 aromatic heterocycles. The largest absolute Gasteiger partial charge is 0.385 e. The van der Waals surface area contributed by atoms with Gasteiger partial charge in [-0.15, -0.1) is 0 Å².